The van der Waals surface area contributed by atoms with E-state index in [4.69, 9.17) is 0 Å². The Morgan fingerprint density at radius 3 is 2.67 bits per heavy atom. The van der Waals surface area contributed by atoms with E-state index in [9.17, 15) is 8.42 Å². The minimum Gasteiger partial charge on any atom is -0.320 e. The molecule has 1 saturated heterocycles. The average molecular weight is 332 g/mol. The molecule has 0 aromatic carbocycles. The summed E-state index contributed by atoms with van der Waals surface area (Å²) in [5.41, 5.74) is 0. The molecule has 2 atom stereocenters. The highest BCUT2D eigenvalue weighted by atomic mass is 32.2. The van der Waals surface area contributed by atoms with Gasteiger partial charge >= 0.3 is 0 Å². The van der Waals surface area contributed by atoms with E-state index in [1.807, 2.05) is 18.8 Å². The van der Waals surface area contributed by atoms with E-state index < -0.39 is 10.0 Å². The normalized spacial score (nSPS) is 24.3. The number of nitrogens with zero attached hydrogens (tertiary/aromatic N) is 3. The molecule has 8 heteroatoms. The van der Waals surface area contributed by atoms with E-state index in [0.717, 1.165) is 19.5 Å². The zero-order valence-electron chi connectivity index (χ0n) is 12.8. The maximum atomic E-state index is 12.7. The number of aromatic nitrogens is 2. The molecule has 1 fully saturated rings. The summed E-state index contributed by atoms with van der Waals surface area (Å²) in [6.45, 7) is 6.90. The van der Waals surface area contributed by atoms with Crippen molar-refractivity contribution in [2.45, 2.75) is 42.2 Å². The summed E-state index contributed by atoms with van der Waals surface area (Å²) in [4.78, 5) is 0.304. The molecule has 120 valence electrons. The van der Waals surface area contributed by atoms with Crippen molar-refractivity contribution in [1.82, 2.24) is 19.4 Å². The number of rotatable bonds is 6. The molecule has 0 spiro atoms. The van der Waals surface area contributed by atoms with Gasteiger partial charge in [-0.25, -0.2) is 8.42 Å². The smallest absolute Gasteiger partial charge is 0.246 e. The molecule has 2 heterocycles. The molecule has 6 nitrogen and oxygen atoms in total. The lowest BCUT2D eigenvalue weighted by molar-refractivity contribution is 0.404. The Balaban J connectivity index is 2.08. The van der Waals surface area contributed by atoms with Crippen molar-refractivity contribution in [1.29, 1.82) is 0 Å². The highest BCUT2D eigenvalue weighted by Crippen LogP contribution is 2.28. The van der Waals surface area contributed by atoms with Gasteiger partial charge in [0.25, 0.3) is 0 Å². The van der Waals surface area contributed by atoms with Crippen LogP contribution in [-0.2, 0) is 16.6 Å². The largest absolute Gasteiger partial charge is 0.320 e. The third kappa shape index (κ3) is 4.21. The lowest BCUT2D eigenvalue weighted by Crippen LogP contribution is -2.43. The molecule has 2 rings (SSSR count). The molecule has 0 amide bonds. The molecular formula is C13H24N4O2S2. The number of sulfonamides is 1. The summed E-state index contributed by atoms with van der Waals surface area (Å²) in [6, 6.07) is 0. The molecule has 21 heavy (non-hydrogen) atoms. The van der Waals surface area contributed by atoms with Crippen LogP contribution < -0.4 is 5.32 Å². The number of thioether (sulfide) groups is 1. The molecule has 0 saturated carbocycles. The van der Waals surface area contributed by atoms with Gasteiger partial charge < -0.3 is 5.32 Å². The molecular weight excluding hydrogens is 308 g/mol. The van der Waals surface area contributed by atoms with E-state index in [0.29, 0.717) is 28.5 Å². The van der Waals surface area contributed by atoms with Crippen molar-refractivity contribution in [3.8, 4) is 0 Å². The first kappa shape index (κ1) is 16.8. The summed E-state index contributed by atoms with van der Waals surface area (Å²) in [5, 5.41) is 7.89. The van der Waals surface area contributed by atoms with Crippen LogP contribution in [0.15, 0.2) is 17.3 Å². The van der Waals surface area contributed by atoms with Gasteiger partial charge in [-0.05, 0) is 20.0 Å². The lowest BCUT2D eigenvalue weighted by Gasteiger charge is -2.33. The number of nitrogens with one attached hydrogen (secondary N) is 1. The Morgan fingerprint density at radius 1 is 1.38 bits per heavy atom. The van der Waals surface area contributed by atoms with Gasteiger partial charge in [-0.15, -0.1) is 0 Å². The molecule has 0 radical (unpaired) electrons. The molecule has 0 bridgehead atoms. The average Bonchev–Trinajstić information content (AvgIpc) is 2.87. The van der Waals surface area contributed by atoms with Gasteiger partial charge in [0.05, 0.1) is 6.20 Å². The second-order valence-electron chi connectivity index (χ2n) is 5.48. The second kappa shape index (κ2) is 7.13. The van der Waals surface area contributed by atoms with Crippen LogP contribution in [0.5, 0.6) is 0 Å². The Kier molecular flexibility index (Phi) is 5.70. The van der Waals surface area contributed by atoms with Crippen LogP contribution >= 0.6 is 11.8 Å². The zero-order chi connectivity index (χ0) is 15.5. The molecule has 1 aromatic rings. The molecule has 2 unspecified atom stereocenters. The van der Waals surface area contributed by atoms with E-state index in [1.165, 1.54) is 6.20 Å². The number of hydrogen-bond donors (Lipinski definition) is 1. The van der Waals surface area contributed by atoms with Crippen LogP contribution in [0.3, 0.4) is 0 Å². The minimum absolute atomic E-state index is 0.304. The summed E-state index contributed by atoms with van der Waals surface area (Å²) in [5.74, 6) is 0. The van der Waals surface area contributed by atoms with E-state index in [1.54, 1.807) is 15.2 Å². The minimum atomic E-state index is -3.42. The second-order valence-corrected chi connectivity index (χ2v) is 9.30. The van der Waals surface area contributed by atoms with Gasteiger partial charge in [-0.2, -0.15) is 21.2 Å². The Morgan fingerprint density at radius 2 is 2.05 bits per heavy atom. The van der Waals surface area contributed by atoms with Crippen molar-refractivity contribution in [3.05, 3.63) is 12.4 Å². The Labute approximate surface area is 131 Å². The summed E-state index contributed by atoms with van der Waals surface area (Å²) in [6.07, 6.45) is 4.03. The molecule has 1 aliphatic heterocycles. The quantitative estimate of drug-likeness (QED) is 0.788. The summed E-state index contributed by atoms with van der Waals surface area (Å²) < 4.78 is 28.6. The van der Waals surface area contributed by atoms with Crippen molar-refractivity contribution in [2.75, 3.05) is 26.7 Å². The van der Waals surface area contributed by atoms with Crippen molar-refractivity contribution in [2.24, 2.45) is 0 Å². The van der Waals surface area contributed by atoms with Gasteiger partial charge in [0.2, 0.25) is 10.0 Å². The van der Waals surface area contributed by atoms with Crippen LogP contribution in [-0.4, -0.2) is 59.7 Å². The van der Waals surface area contributed by atoms with E-state index in [-0.39, 0.29) is 0 Å². The maximum Gasteiger partial charge on any atom is 0.246 e. The first-order valence-corrected chi connectivity index (χ1v) is 9.64. The molecule has 1 aromatic heterocycles. The van der Waals surface area contributed by atoms with E-state index >= 15 is 0 Å². The Hall–Kier alpha value is -0.570. The van der Waals surface area contributed by atoms with Crippen LogP contribution in [0, 0.1) is 0 Å². The fourth-order valence-corrected chi connectivity index (χ4v) is 5.58. The van der Waals surface area contributed by atoms with Gasteiger partial charge in [-0.3, -0.25) is 4.68 Å². The predicted molar refractivity (Wildman–Crippen MR) is 86.0 cm³/mol. The Bertz CT molecular complexity index is 548. The first-order valence-electron chi connectivity index (χ1n) is 7.26. The maximum absolute atomic E-state index is 12.7. The summed E-state index contributed by atoms with van der Waals surface area (Å²) in [7, 11) is -1.52. The third-order valence-electron chi connectivity index (χ3n) is 3.45. The van der Waals surface area contributed by atoms with Crippen LogP contribution in [0.25, 0.3) is 0 Å². The SMILES string of the molecule is CNCCCn1cc(S(=O)(=O)N2CC(C)SC(C)C2)cn1. The van der Waals surface area contributed by atoms with Crippen molar-refractivity contribution < 1.29 is 8.42 Å². The highest BCUT2D eigenvalue weighted by molar-refractivity contribution is 8.00. The lowest BCUT2D eigenvalue weighted by atomic mass is 10.4. The molecule has 0 aliphatic carbocycles. The van der Waals surface area contributed by atoms with Crippen LogP contribution in [0.4, 0.5) is 0 Å². The molecule has 1 aliphatic rings. The third-order valence-corrected chi connectivity index (χ3v) is 6.46. The van der Waals surface area contributed by atoms with Gasteiger partial charge in [0.15, 0.2) is 0 Å². The molecule has 1 N–H and O–H groups in total. The van der Waals surface area contributed by atoms with Crippen LogP contribution in [0.2, 0.25) is 0 Å². The topological polar surface area (TPSA) is 67.2 Å². The van der Waals surface area contributed by atoms with Crippen molar-refractivity contribution in [3.63, 3.8) is 0 Å². The van der Waals surface area contributed by atoms with Gasteiger partial charge in [0.1, 0.15) is 4.90 Å². The van der Waals surface area contributed by atoms with Gasteiger partial charge in [-0.1, -0.05) is 13.8 Å². The van der Waals surface area contributed by atoms with E-state index in [2.05, 4.69) is 24.3 Å². The monoisotopic (exact) mass is 332 g/mol. The van der Waals surface area contributed by atoms with Gasteiger partial charge in [0, 0.05) is 36.3 Å². The zero-order valence-corrected chi connectivity index (χ0v) is 14.5. The van der Waals surface area contributed by atoms with Crippen LogP contribution in [0.1, 0.15) is 20.3 Å². The first-order chi connectivity index (χ1) is 9.93. The highest BCUT2D eigenvalue weighted by Gasteiger charge is 2.32. The standard InChI is InChI=1S/C13H24N4O2S2/c1-11-8-17(9-12(2)20-11)21(18,19)13-7-15-16(10-13)6-4-5-14-3/h7,10-12,14H,4-6,8-9H2,1-3H3. The number of hydrogen-bond acceptors (Lipinski definition) is 5. The fraction of sp³-hybridized carbons (Fsp3) is 0.769. The fourth-order valence-electron chi connectivity index (χ4n) is 2.49. The number of aryl methyl sites for hydroxylation is 1. The predicted octanol–water partition coefficient (Wildman–Crippen LogP) is 1.01. The summed E-state index contributed by atoms with van der Waals surface area (Å²) >= 11 is 1.84. The van der Waals surface area contributed by atoms with Crippen molar-refractivity contribution >= 4 is 21.8 Å².